The van der Waals surface area contributed by atoms with E-state index in [0.29, 0.717) is 5.92 Å². The Bertz CT molecular complexity index is 286. The zero-order valence-electron chi connectivity index (χ0n) is 11.2. The number of halogens is 1. The Morgan fingerprint density at radius 1 is 1.56 bits per heavy atom. The number of likely N-dealkylation sites (tertiary alicyclic amines) is 1. The van der Waals surface area contributed by atoms with Crippen molar-refractivity contribution in [2.45, 2.75) is 6.42 Å². The second kappa shape index (κ2) is 9.37. The van der Waals surface area contributed by atoms with E-state index in [2.05, 4.69) is 20.5 Å². The van der Waals surface area contributed by atoms with Crippen molar-refractivity contribution in [1.29, 1.82) is 0 Å². The first-order valence-corrected chi connectivity index (χ1v) is 5.86. The highest BCUT2D eigenvalue weighted by Gasteiger charge is 2.24. The molecule has 1 rings (SSSR count). The van der Waals surface area contributed by atoms with Gasteiger partial charge in [0.15, 0.2) is 5.96 Å². The van der Waals surface area contributed by atoms with E-state index in [9.17, 15) is 4.79 Å². The van der Waals surface area contributed by atoms with Gasteiger partial charge in [0.2, 0.25) is 5.91 Å². The van der Waals surface area contributed by atoms with E-state index in [-0.39, 0.29) is 36.4 Å². The van der Waals surface area contributed by atoms with Crippen molar-refractivity contribution in [3.05, 3.63) is 0 Å². The number of amides is 1. The standard InChI is InChI=1S/C11H22N4O2.HI/c1-12-10(16)6-14-11(13-2)15-5-4-9(7-15)8-17-3;/h9H,4-8H2,1-3H3,(H,12,16)(H,13,14);1H. The van der Waals surface area contributed by atoms with Gasteiger partial charge in [0, 0.05) is 40.2 Å². The van der Waals surface area contributed by atoms with Gasteiger partial charge in [0.1, 0.15) is 0 Å². The molecule has 1 aliphatic rings. The molecule has 1 saturated heterocycles. The smallest absolute Gasteiger partial charge is 0.239 e. The first kappa shape index (κ1) is 17.4. The van der Waals surface area contributed by atoms with Crippen LogP contribution in [-0.2, 0) is 9.53 Å². The van der Waals surface area contributed by atoms with Crippen LogP contribution < -0.4 is 10.6 Å². The molecule has 1 fully saturated rings. The predicted molar refractivity (Wildman–Crippen MR) is 82.4 cm³/mol. The fraction of sp³-hybridized carbons (Fsp3) is 0.818. The minimum atomic E-state index is -0.0428. The molecule has 0 aromatic heterocycles. The summed E-state index contributed by atoms with van der Waals surface area (Å²) in [5.41, 5.74) is 0. The summed E-state index contributed by atoms with van der Waals surface area (Å²) in [7, 11) is 5.08. The van der Waals surface area contributed by atoms with Crippen LogP contribution in [0.5, 0.6) is 0 Å². The molecule has 2 N–H and O–H groups in total. The monoisotopic (exact) mass is 370 g/mol. The Morgan fingerprint density at radius 2 is 2.28 bits per heavy atom. The summed E-state index contributed by atoms with van der Waals surface area (Å²) < 4.78 is 5.15. The number of hydrogen-bond acceptors (Lipinski definition) is 3. The Morgan fingerprint density at radius 3 is 2.83 bits per heavy atom. The van der Waals surface area contributed by atoms with Crippen molar-refractivity contribution in [2.24, 2.45) is 10.9 Å². The van der Waals surface area contributed by atoms with E-state index >= 15 is 0 Å². The molecule has 18 heavy (non-hydrogen) atoms. The minimum Gasteiger partial charge on any atom is -0.384 e. The number of carbonyl (C=O) groups excluding carboxylic acids is 1. The van der Waals surface area contributed by atoms with Gasteiger partial charge >= 0.3 is 0 Å². The van der Waals surface area contributed by atoms with Gasteiger partial charge in [-0.05, 0) is 6.42 Å². The van der Waals surface area contributed by atoms with Gasteiger partial charge in [-0.25, -0.2) is 0 Å². The lowest BCUT2D eigenvalue weighted by molar-refractivity contribution is -0.119. The highest BCUT2D eigenvalue weighted by atomic mass is 127. The minimum absolute atomic E-state index is 0. The van der Waals surface area contributed by atoms with Crippen molar-refractivity contribution in [3.8, 4) is 0 Å². The Hall–Kier alpha value is -0.570. The van der Waals surface area contributed by atoms with E-state index in [4.69, 9.17) is 4.74 Å². The number of likely N-dealkylation sites (N-methyl/N-ethyl adjacent to an activating group) is 1. The summed E-state index contributed by atoms with van der Waals surface area (Å²) in [5.74, 6) is 1.30. The molecule has 1 unspecified atom stereocenters. The van der Waals surface area contributed by atoms with Gasteiger partial charge in [-0.2, -0.15) is 0 Å². The number of nitrogens with one attached hydrogen (secondary N) is 2. The summed E-state index contributed by atoms with van der Waals surface area (Å²) in [6.45, 7) is 2.93. The molecule has 0 bridgehead atoms. The van der Waals surface area contributed by atoms with E-state index in [1.165, 1.54) is 0 Å². The van der Waals surface area contributed by atoms with Gasteiger partial charge < -0.3 is 20.3 Å². The normalized spacial score (nSPS) is 19.4. The molecule has 6 nitrogen and oxygen atoms in total. The summed E-state index contributed by atoms with van der Waals surface area (Å²) in [4.78, 5) is 17.5. The van der Waals surface area contributed by atoms with Crippen LogP contribution in [0.2, 0.25) is 0 Å². The maximum atomic E-state index is 11.1. The Labute approximate surface area is 126 Å². The number of nitrogens with zero attached hydrogens (tertiary/aromatic N) is 2. The van der Waals surface area contributed by atoms with Crippen LogP contribution in [0.3, 0.4) is 0 Å². The van der Waals surface area contributed by atoms with Gasteiger partial charge in [-0.1, -0.05) is 0 Å². The van der Waals surface area contributed by atoms with E-state index in [0.717, 1.165) is 32.1 Å². The number of guanidine groups is 1. The molecule has 0 spiro atoms. The number of carbonyl (C=O) groups is 1. The van der Waals surface area contributed by atoms with Crippen LogP contribution >= 0.6 is 24.0 Å². The van der Waals surface area contributed by atoms with Crippen molar-refractivity contribution in [3.63, 3.8) is 0 Å². The summed E-state index contributed by atoms with van der Waals surface area (Å²) >= 11 is 0. The van der Waals surface area contributed by atoms with Gasteiger partial charge in [-0.15, -0.1) is 24.0 Å². The van der Waals surface area contributed by atoms with Crippen LogP contribution in [0.25, 0.3) is 0 Å². The fourth-order valence-electron chi connectivity index (χ4n) is 1.98. The fourth-order valence-corrected chi connectivity index (χ4v) is 1.98. The Kier molecular flexibility index (Phi) is 9.08. The van der Waals surface area contributed by atoms with Gasteiger partial charge in [-0.3, -0.25) is 9.79 Å². The number of aliphatic imine (C=N–C) groups is 1. The molecule has 0 saturated carbocycles. The third-order valence-corrected chi connectivity index (χ3v) is 2.89. The SMILES string of the molecule is CN=C(NCC(=O)NC)N1CCC(COC)C1.I. The lowest BCUT2D eigenvalue weighted by Gasteiger charge is -2.21. The largest absolute Gasteiger partial charge is 0.384 e. The lowest BCUT2D eigenvalue weighted by atomic mass is 10.1. The molecule has 0 radical (unpaired) electrons. The van der Waals surface area contributed by atoms with Crippen LogP contribution in [0.4, 0.5) is 0 Å². The zero-order chi connectivity index (χ0) is 12.7. The average molecular weight is 370 g/mol. The quantitative estimate of drug-likeness (QED) is 0.412. The highest BCUT2D eigenvalue weighted by Crippen LogP contribution is 2.16. The summed E-state index contributed by atoms with van der Waals surface area (Å²) in [5, 5.41) is 5.62. The first-order valence-electron chi connectivity index (χ1n) is 5.86. The first-order chi connectivity index (χ1) is 8.21. The van der Waals surface area contributed by atoms with Crippen molar-refractivity contribution in [2.75, 3.05) is 47.4 Å². The molecule has 1 atom stereocenters. The maximum absolute atomic E-state index is 11.1. The molecule has 0 aliphatic carbocycles. The maximum Gasteiger partial charge on any atom is 0.239 e. The van der Waals surface area contributed by atoms with E-state index in [1.54, 1.807) is 21.2 Å². The zero-order valence-corrected chi connectivity index (χ0v) is 13.6. The number of rotatable bonds is 4. The highest BCUT2D eigenvalue weighted by molar-refractivity contribution is 14.0. The summed E-state index contributed by atoms with van der Waals surface area (Å²) in [6.07, 6.45) is 1.11. The second-order valence-electron chi connectivity index (χ2n) is 4.13. The molecule has 1 heterocycles. The molecule has 7 heteroatoms. The van der Waals surface area contributed by atoms with Crippen LogP contribution in [0.1, 0.15) is 6.42 Å². The molecular weight excluding hydrogens is 347 g/mol. The lowest BCUT2D eigenvalue weighted by Crippen LogP contribution is -2.44. The molecule has 0 aromatic carbocycles. The summed E-state index contributed by atoms with van der Waals surface area (Å²) in [6, 6.07) is 0. The van der Waals surface area contributed by atoms with Gasteiger partial charge in [0.25, 0.3) is 0 Å². The van der Waals surface area contributed by atoms with Crippen LogP contribution in [0, 0.1) is 5.92 Å². The van der Waals surface area contributed by atoms with Crippen molar-refractivity contribution >= 4 is 35.8 Å². The van der Waals surface area contributed by atoms with Crippen molar-refractivity contribution in [1.82, 2.24) is 15.5 Å². The second-order valence-corrected chi connectivity index (χ2v) is 4.13. The van der Waals surface area contributed by atoms with Gasteiger partial charge in [0.05, 0.1) is 13.2 Å². The van der Waals surface area contributed by atoms with E-state index in [1.807, 2.05) is 0 Å². The molecular formula is C11H23IN4O2. The topological polar surface area (TPSA) is 66.0 Å². The Balaban J connectivity index is 0.00000289. The van der Waals surface area contributed by atoms with Crippen molar-refractivity contribution < 1.29 is 9.53 Å². The average Bonchev–Trinajstić information content (AvgIpc) is 2.78. The number of hydrogen-bond donors (Lipinski definition) is 2. The predicted octanol–water partition coefficient (Wildman–Crippen LogP) is -0.106. The molecule has 1 amide bonds. The van der Waals surface area contributed by atoms with Crippen LogP contribution in [-0.4, -0.2) is 64.2 Å². The van der Waals surface area contributed by atoms with E-state index < -0.39 is 0 Å². The number of ether oxygens (including phenoxy) is 1. The molecule has 106 valence electrons. The van der Waals surface area contributed by atoms with Crippen LogP contribution in [0.15, 0.2) is 4.99 Å². The molecule has 0 aromatic rings. The third-order valence-electron chi connectivity index (χ3n) is 2.89. The third kappa shape index (κ3) is 5.38. The molecule has 1 aliphatic heterocycles. The number of methoxy groups -OCH3 is 1.